The molecular formula is C12H14N2O3. The van der Waals surface area contributed by atoms with Gasteiger partial charge in [-0.1, -0.05) is 12.1 Å². The number of nitrogens with zero attached hydrogens (tertiary/aromatic N) is 1. The van der Waals surface area contributed by atoms with Crippen molar-refractivity contribution in [3.05, 3.63) is 29.3 Å². The van der Waals surface area contributed by atoms with Crippen LogP contribution in [0.25, 0.3) is 0 Å². The topological polar surface area (TPSA) is 69.6 Å². The zero-order chi connectivity index (χ0) is 12.4. The molecule has 0 atom stereocenters. The monoisotopic (exact) mass is 234 g/mol. The Morgan fingerprint density at radius 3 is 3.00 bits per heavy atom. The number of rotatable bonds is 3. The summed E-state index contributed by atoms with van der Waals surface area (Å²) < 4.78 is 0. The minimum absolute atomic E-state index is 0.0137. The minimum atomic E-state index is -0.928. The van der Waals surface area contributed by atoms with Gasteiger partial charge in [0.1, 0.15) is 0 Å². The molecule has 1 aromatic rings. The van der Waals surface area contributed by atoms with Gasteiger partial charge in [-0.25, -0.2) is 4.79 Å². The van der Waals surface area contributed by atoms with Crippen LogP contribution in [0.1, 0.15) is 11.1 Å². The van der Waals surface area contributed by atoms with E-state index in [0.717, 1.165) is 16.8 Å². The second-order valence-electron chi connectivity index (χ2n) is 4.17. The van der Waals surface area contributed by atoms with E-state index in [1.54, 1.807) is 7.05 Å². The van der Waals surface area contributed by atoms with Crippen molar-refractivity contribution in [1.29, 1.82) is 0 Å². The zero-order valence-corrected chi connectivity index (χ0v) is 9.56. The van der Waals surface area contributed by atoms with E-state index in [9.17, 15) is 9.59 Å². The number of hydrogen-bond donors (Lipinski definition) is 2. The van der Waals surface area contributed by atoms with Gasteiger partial charge in [0.2, 0.25) is 5.91 Å². The molecule has 0 aliphatic carbocycles. The summed E-state index contributed by atoms with van der Waals surface area (Å²) in [6.07, 6.45) is 0.144. The molecule has 0 bridgehead atoms. The summed E-state index contributed by atoms with van der Waals surface area (Å²) in [7, 11) is 1.54. The van der Waals surface area contributed by atoms with E-state index in [-0.39, 0.29) is 5.91 Å². The Labute approximate surface area is 99.0 Å². The quantitative estimate of drug-likeness (QED) is 0.829. The SMILES string of the molecule is CN(CCc1ccc2c(c1)CC(=O)N2)C(=O)O. The number of anilines is 1. The van der Waals surface area contributed by atoms with Crippen LogP contribution in [0.15, 0.2) is 18.2 Å². The predicted octanol–water partition coefficient (Wildman–Crippen LogP) is 1.33. The van der Waals surface area contributed by atoms with Crippen molar-refractivity contribution in [1.82, 2.24) is 4.90 Å². The van der Waals surface area contributed by atoms with E-state index >= 15 is 0 Å². The molecule has 1 aliphatic heterocycles. The van der Waals surface area contributed by atoms with Gasteiger partial charge in [-0.2, -0.15) is 0 Å². The van der Waals surface area contributed by atoms with Crippen molar-refractivity contribution in [2.45, 2.75) is 12.8 Å². The summed E-state index contributed by atoms with van der Waals surface area (Å²) in [5.74, 6) is 0.0137. The molecule has 1 heterocycles. The maximum atomic E-state index is 11.2. The maximum absolute atomic E-state index is 11.2. The lowest BCUT2D eigenvalue weighted by molar-refractivity contribution is -0.115. The molecule has 90 valence electrons. The van der Waals surface area contributed by atoms with Gasteiger partial charge in [0, 0.05) is 19.3 Å². The number of carboxylic acid groups (broad SMARTS) is 1. The minimum Gasteiger partial charge on any atom is -0.465 e. The van der Waals surface area contributed by atoms with Crippen LogP contribution in [-0.4, -0.2) is 35.6 Å². The molecular weight excluding hydrogens is 220 g/mol. The lowest BCUT2D eigenvalue weighted by atomic mass is 10.1. The lowest BCUT2D eigenvalue weighted by Gasteiger charge is -2.12. The summed E-state index contributed by atoms with van der Waals surface area (Å²) in [6, 6.07) is 5.75. The first kappa shape index (κ1) is 11.4. The average Bonchev–Trinajstić information content (AvgIpc) is 2.64. The van der Waals surface area contributed by atoms with Gasteiger partial charge in [0.25, 0.3) is 0 Å². The van der Waals surface area contributed by atoms with E-state index in [1.807, 2.05) is 18.2 Å². The molecule has 1 aliphatic rings. The number of benzene rings is 1. The van der Waals surface area contributed by atoms with E-state index in [4.69, 9.17) is 5.11 Å². The number of carbonyl (C=O) groups excluding carboxylic acids is 1. The number of nitrogens with one attached hydrogen (secondary N) is 1. The van der Waals surface area contributed by atoms with E-state index in [1.165, 1.54) is 4.90 Å². The lowest BCUT2D eigenvalue weighted by Crippen LogP contribution is -2.26. The van der Waals surface area contributed by atoms with Gasteiger partial charge in [-0.05, 0) is 23.6 Å². The molecule has 2 N–H and O–H groups in total. The Kier molecular flexibility index (Phi) is 2.99. The molecule has 0 saturated heterocycles. The Hall–Kier alpha value is -2.04. The number of likely N-dealkylation sites (N-methyl/N-ethyl adjacent to an activating group) is 1. The van der Waals surface area contributed by atoms with Crippen molar-refractivity contribution in [3.63, 3.8) is 0 Å². The van der Waals surface area contributed by atoms with Gasteiger partial charge >= 0.3 is 6.09 Å². The fraction of sp³-hybridized carbons (Fsp3) is 0.333. The number of carbonyl (C=O) groups is 2. The van der Waals surface area contributed by atoms with Crippen LogP contribution in [0.4, 0.5) is 10.5 Å². The van der Waals surface area contributed by atoms with Crippen LogP contribution in [0.5, 0.6) is 0 Å². The summed E-state index contributed by atoms with van der Waals surface area (Å²) in [6.45, 7) is 0.454. The summed E-state index contributed by atoms with van der Waals surface area (Å²) >= 11 is 0. The van der Waals surface area contributed by atoms with Gasteiger partial charge in [0.15, 0.2) is 0 Å². The third-order valence-corrected chi connectivity index (χ3v) is 2.86. The molecule has 0 fully saturated rings. The molecule has 5 heteroatoms. The first-order valence-electron chi connectivity index (χ1n) is 5.42. The smallest absolute Gasteiger partial charge is 0.407 e. The normalized spacial score (nSPS) is 13.1. The van der Waals surface area contributed by atoms with E-state index < -0.39 is 6.09 Å². The molecule has 0 radical (unpaired) electrons. The van der Waals surface area contributed by atoms with Crippen LogP contribution in [0.3, 0.4) is 0 Å². The second-order valence-corrected chi connectivity index (χ2v) is 4.17. The van der Waals surface area contributed by atoms with Crippen LogP contribution < -0.4 is 5.32 Å². The Morgan fingerprint density at radius 2 is 2.29 bits per heavy atom. The van der Waals surface area contributed by atoms with Crippen LogP contribution in [0, 0.1) is 0 Å². The summed E-state index contributed by atoms with van der Waals surface area (Å²) in [5.41, 5.74) is 2.91. The van der Waals surface area contributed by atoms with Gasteiger partial charge in [0.05, 0.1) is 6.42 Å². The largest absolute Gasteiger partial charge is 0.465 e. The molecule has 0 unspecified atom stereocenters. The van der Waals surface area contributed by atoms with E-state index in [0.29, 0.717) is 19.4 Å². The first-order chi connectivity index (χ1) is 8.06. The molecule has 2 amide bonds. The zero-order valence-electron chi connectivity index (χ0n) is 9.56. The standard InChI is InChI=1S/C12H14N2O3/c1-14(12(16)17)5-4-8-2-3-10-9(6-8)7-11(15)13-10/h2-3,6H,4-5,7H2,1H3,(H,13,15)(H,16,17). The molecule has 0 spiro atoms. The highest BCUT2D eigenvalue weighted by atomic mass is 16.4. The highest BCUT2D eigenvalue weighted by Gasteiger charge is 2.17. The molecule has 1 aromatic carbocycles. The van der Waals surface area contributed by atoms with Crippen LogP contribution in [-0.2, 0) is 17.6 Å². The average molecular weight is 234 g/mol. The van der Waals surface area contributed by atoms with Gasteiger partial charge < -0.3 is 15.3 Å². The Morgan fingerprint density at radius 1 is 1.53 bits per heavy atom. The first-order valence-corrected chi connectivity index (χ1v) is 5.42. The fourth-order valence-corrected chi connectivity index (χ4v) is 1.83. The van der Waals surface area contributed by atoms with Crippen LogP contribution >= 0.6 is 0 Å². The molecule has 0 saturated carbocycles. The second kappa shape index (κ2) is 4.45. The highest BCUT2D eigenvalue weighted by molar-refractivity contribution is 5.99. The third kappa shape index (κ3) is 2.55. The molecule has 5 nitrogen and oxygen atoms in total. The molecule has 17 heavy (non-hydrogen) atoms. The van der Waals surface area contributed by atoms with Crippen LogP contribution in [0.2, 0.25) is 0 Å². The number of hydrogen-bond acceptors (Lipinski definition) is 2. The molecule has 2 rings (SSSR count). The Balaban J connectivity index is 2.02. The fourth-order valence-electron chi connectivity index (χ4n) is 1.83. The van der Waals surface area contributed by atoms with Crippen molar-refractivity contribution in [2.75, 3.05) is 18.9 Å². The number of fused-ring (bicyclic) bond motifs is 1. The predicted molar refractivity (Wildman–Crippen MR) is 63.1 cm³/mol. The maximum Gasteiger partial charge on any atom is 0.407 e. The van der Waals surface area contributed by atoms with Crippen molar-refractivity contribution < 1.29 is 14.7 Å². The van der Waals surface area contributed by atoms with Crippen molar-refractivity contribution in [3.8, 4) is 0 Å². The third-order valence-electron chi connectivity index (χ3n) is 2.86. The summed E-state index contributed by atoms with van der Waals surface area (Å²) in [4.78, 5) is 23.0. The van der Waals surface area contributed by atoms with Crippen molar-refractivity contribution >= 4 is 17.7 Å². The van der Waals surface area contributed by atoms with Gasteiger partial charge in [-0.3, -0.25) is 4.79 Å². The van der Waals surface area contributed by atoms with Crippen molar-refractivity contribution in [2.24, 2.45) is 0 Å². The Bertz CT molecular complexity index is 471. The number of amides is 2. The summed E-state index contributed by atoms with van der Waals surface area (Å²) in [5, 5.41) is 11.5. The van der Waals surface area contributed by atoms with Gasteiger partial charge in [-0.15, -0.1) is 0 Å². The molecule has 0 aromatic heterocycles. The van der Waals surface area contributed by atoms with E-state index in [2.05, 4.69) is 5.32 Å². The highest BCUT2D eigenvalue weighted by Crippen LogP contribution is 2.23.